The van der Waals surface area contributed by atoms with Gasteiger partial charge in [-0.15, -0.1) is 0 Å². The molecule has 0 radical (unpaired) electrons. The van der Waals surface area contributed by atoms with Crippen molar-refractivity contribution >= 4 is 6.09 Å². The molecule has 0 aromatic heterocycles. The quantitative estimate of drug-likeness (QED) is 0.562. The van der Waals surface area contributed by atoms with E-state index in [1.54, 1.807) is 20.8 Å². The summed E-state index contributed by atoms with van der Waals surface area (Å²) in [4.78, 5) is 11.5. The molecule has 0 aliphatic carbocycles. The molecule has 17 heavy (non-hydrogen) atoms. The van der Waals surface area contributed by atoms with Crippen LogP contribution in [-0.2, 0) is 4.74 Å². The number of rotatable bonds is 4. The highest BCUT2D eigenvalue weighted by Gasteiger charge is 2.38. The lowest BCUT2D eigenvalue weighted by molar-refractivity contribution is -0.0487. The number of nitrogens with one attached hydrogen (secondary N) is 1. The Labute approximate surface area is 102 Å². The molecule has 0 bridgehead atoms. The summed E-state index contributed by atoms with van der Waals surface area (Å²) >= 11 is 0. The topological polar surface area (TPSA) is 99.0 Å². The van der Waals surface area contributed by atoms with Crippen molar-refractivity contribution in [3.05, 3.63) is 0 Å². The van der Waals surface area contributed by atoms with Gasteiger partial charge in [0.1, 0.15) is 11.7 Å². The highest BCUT2D eigenvalue weighted by molar-refractivity contribution is 5.68. The molecule has 0 rings (SSSR count). The van der Waals surface area contributed by atoms with Gasteiger partial charge < -0.3 is 25.4 Å². The van der Waals surface area contributed by atoms with Crippen LogP contribution in [0.5, 0.6) is 0 Å². The van der Waals surface area contributed by atoms with Crippen LogP contribution in [0.4, 0.5) is 4.79 Å². The maximum atomic E-state index is 11.5. The zero-order chi connectivity index (χ0) is 13.9. The Kier molecular flexibility index (Phi) is 5.38. The lowest BCUT2D eigenvalue weighted by atomic mass is 9.92. The number of aliphatic hydroxyl groups excluding tert-OH is 3. The number of carbonyl (C=O) groups excluding carboxylic acids is 1. The first-order valence-electron chi connectivity index (χ1n) is 5.50. The predicted molar refractivity (Wildman–Crippen MR) is 62.5 cm³/mol. The van der Waals surface area contributed by atoms with E-state index in [-0.39, 0.29) is 0 Å². The van der Waals surface area contributed by atoms with Gasteiger partial charge in [-0.25, -0.2) is 4.79 Å². The molecule has 0 fully saturated rings. The van der Waals surface area contributed by atoms with E-state index in [9.17, 15) is 20.1 Å². The second-order valence-electron chi connectivity index (χ2n) is 5.39. The third-order valence-corrected chi connectivity index (χ3v) is 2.22. The van der Waals surface area contributed by atoms with E-state index in [1.165, 1.54) is 13.8 Å². The zero-order valence-electron chi connectivity index (χ0n) is 11.0. The van der Waals surface area contributed by atoms with Gasteiger partial charge in [-0.3, -0.25) is 0 Å². The Morgan fingerprint density at radius 1 is 1.29 bits per heavy atom. The molecule has 0 aliphatic heterocycles. The van der Waals surface area contributed by atoms with Gasteiger partial charge in [0.05, 0.1) is 18.2 Å². The molecule has 102 valence electrons. The number of aliphatic hydroxyl groups is 3. The van der Waals surface area contributed by atoms with Crippen LogP contribution in [0.15, 0.2) is 0 Å². The van der Waals surface area contributed by atoms with Crippen LogP contribution in [0.2, 0.25) is 0 Å². The van der Waals surface area contributed by atoms with Gasteiger partial charge in [-0.2, -0.15) is 0 Å². The lowest BCUT2D eigenvalue weighted by Gasteiger charge is -2.35. The predicted octanol–water partition coefficient (Wildman–Crippen LogP) is 0.00380. The van der Waals surface area contributed by atoms with Gasteiger partial charge in [0, 0.05) is 0 Å². The molecule has 6 nitrogen and oxygen atoms in total. The molecule has 0 saturated heterocycles. The van der Waals surface area contributed by atoms with E-state index in [2.05, 4.69) is 5.32 Å². The van der Waals surface area contributed by atoms with Crippen molar-refractivity contribution in [2.45, 2.75) is 58.0 Å². The van der Waals surface area contributed by atoms with Crippen LogP contribution in [0.1, 0.15) is 34.6 Å². The third-order valence-electron chi connectivity index (χ3n) is 2.22. The number of carbonyl (C=O) groups is 1. The molecule has 1 amide bonds. The van der Waals surface area contributed by atoms with Gasteiger partial charge in [0.2, 0.25) is 0 Å². The Morgan fingerprint density at radius 3 is 2.06 bits per heavy atom. The lowest BCUT2D eigenvalue weighted by Crippen LogP contribution is -2.60. The van der Waals surface area contributed by atoms with E-state index in [4.69, 9.17) is 4.74 Å². The maximum Gasteiger partial charge on any atom is 0.408 e. The summed E-state index contributed by atoms with van der Waals surface area (Å²) < 4.78 is 5.01. The minimum atomic E-state index is -1.35. The highest BCUT2D eigenvalue weighted by Crippen LogP contribution is 2.15. The molecule has 0 saturated carbocycles. The number of hydrogen-bond donors (Lipinski definition) is 4. The van der Waals surface area contributed by atoms with Gasteiger partial charge >= 0.3 is 6.09 Å². The number of alkyl carbamates (subject to hydrolysis) is 1. The van der Waals surface area contributed by atoms with Crippen LogP contribution in [0.25, 0.3) is 0 Å². The number of ether oxygens (including phenoxy) is 1. The smallest absolute Gasteiger partial charge is 0.408 e. The average molecular weight is 249 g/mol. The Morgan fingerprint density at radius 2 is 1.76 bits per heavy atom. The zero-order valence-corrected chi connectivity index (χ0v) is 11.0. The monoisotopic (exact) mass is 249 g/mol. The first kappa shape index (κ1) is 16.1. The fraction of sp³-hybridized carbons (Fsp3) is 0.909. The minimum absolute atomic E-state index is 0.516. The summed E-state index contributed by atoms with van der Waals surface area (Å²) in [7, 11) is 0. The Balaban J connectivity index is 4.64. The summed E-state index contributed by atoms with van der Waals surface area (Å²) in [5, 5.41) is 30.6. The summed E-state index contributed by atoms with van der Waals surface area (Å²) in [6, 6.07) is 0. The van der Waals surface area contributed by atoms with Gasteiger partial charge in [0.25, 0.3) is 0 Å². The standard InChI is InChI=1S/C11H23NO5/c1-7(14)8(15)11(5,6-13)12-9(16)17-10(2,3)4/h7-8,13-15H,6H2,1-5H3,(H,12,16). The number of amides is 1. The normalized spacial score (nSPS) is 19.1. The highest BCUT2D eigenvalue weighted by atomic mass is 16.6. The van der Waals surface area contributed by atoms with E-state index in [0.29, 0.717) is 0 Å². The first-order valence-corrected chi connectivity index (χ1v) is 5.50. The average Bonchev–Trinajstić information content (AvgIpc) is 2.12. The van der Waals surface area contributed by atoms with E-state index >= 15 is 0 Å². The molecule has 0 heterocycles. The molecule has 4 N–H and O–H groups in total. The molecular formula is C11H23NO5. The fourth-order valence-electron chi connectivity index (χ4n) is 1.28. The summed E-state index contributed by atoms with van der Waals surface area (Å²) in [5.41, 5.74) is -2.02. The van der Waals surface area contributed by atoms with Gasteiger partial charge in [0.15, 0.2) is 0 Å². The third kappa shape index (κ3) is 5.34. The van der Waals surface area contributed by atoms with E-state index < -0.39 is 36.0 Å². The second-order valence-corrected chi connectivity index (χ2v) is 5.39. The number of hydrogen-bond acceptors (Lipinski definition) is 5. The molecule has 3 unspecified atom stereocenters. The van der Waals surface area contributed by atoms with Crippen LogP contribution in [0.3, 0.4) is 0 Å². The largest absolute Gasteiger partial charge is 0.444 e. The first-order chi connectivity index (χ1) is 7.52. The molecule has 0 aliphatic rings. The van der Waals surface area contributed by atoms with E-state index in [0.717, 1.165) is 0 Å². The maximum absolute atomic E-state index is 11.5. The van der Waals surface area contributed by atoms with Crippen molar-refractivity contribution < 1.29 is 24.9 Å². The van der Waals surface area contributed by atoms with Gasteiger partial charge in [-0.1, -0.05) is 0 Å². The Hall–Kier alpha value is -0.850. The van der Waals surface area contributed by atoms with Crippen molar-refractivity contribution in [1.29, 1.82) is 0 Å². The molecule has 0 aromatic rings. The summed E-state index contributed by atoms with van der Waals surface area (Å²) in [5.74, 6) is 0. The Bertz CT molecular complexity index is 261. The van der Waals surface area contributed by atoms with Crippen molar-refractivity contribution in [2.75, 3.05) is 6.61 Å². The van der Waals surface area contributed by atoms with Crippen molar-refractivity contribution in [1.82, 2.24) is 5.32 Å². The van der Waals surface area contributed by atoms with E-state index in [1.807, 2.05) is 0 Å². The van der Waals surface area contributed by atoms with Crippen LogP contribution >= 0.6 is 0 Å². The molecular weight excluding hydrogens is 226 g/mol. The summed E-state index contributed by atoms with van der Waals surface area (Å²) in [6.07, 6.45) is -3.13. The van der Waals surface area contributed by atoms with Crippen LogP contribution < -0.4 is 5.32 Å². The fourth-order valence-corrected chi connectivity index (χ4v) is 1.28. The SMILES string of the molecule is CC(O)C(O)C(C)(CO)NC(=O)OC(C)(C)C. The van der Waals surface area contributed by atoms with Crippen molar-refractivity contribution in [3.8, 4) is 0 Å². The van der Waals surface area contributed by atoms with Crippen LogP contribution in [0, 0.1) is 0 Å². The molecule has 3 atom stereocenters. The van der Waals surface area contributed by atoms with Crippen molar-refractivity contribution in [3.63, 3.8) is 0 Å². The summed E-state index contributed by atoms with van der Waals surface area (Å²) in [6.45, 7) is 7.39. The minimum Gasteiger partial charge on any atom is -0.444 e. The molecule has 0 spiro atoms. The van der Waals surface area contributed by atoms with Crippen molar-refractivity contribution in [2.24, 2.45) is 0 Å². The van der Waals surface area contributed by atoms with Gasteiger partial charge in [-0.05, 0) is 34.6 Å². The molecule has 6 heteroatoms. The second kappa shape index (κ2) is 5.66. The van der Waals surface area contributed by atoms with Crippen LogP contribution in [-0.4, -0.2) is 51.4 Å². The molecule has 0 aromatic carbocycles.